The third-order valence-electron chi connectivity index (χ3n) is 1.74. The Hall–Kier alpha value is -0.510. The van der Waals surface area contributed by atoms with E-state index in [9.17, 15) is 0 Å². The van der Waals surface area contributed by atoms with Crippen LogP contribution in [0, 0.1) is 0 Å². The molecular weight excluding hydrogens is 170 g/mol. The van der Waals surface area contributed by atoms with Crippen LogP contribution in [0.3, 0.4) is 0 Å². The quantitative estimate of drug-likeness (QED) is 0.696. The van der Waals surface area contributed by atoms with Gasteiger partial charge in [-0.3, -0.25) is 0 Å². The van der Waals surface area contributed by atoms with Gasteiger partial charge >= 0.3 is 0 Å². The molecule has 0 fully saturated rings. The van der Waals surface area contributed by atoms with Gasteiger partial charge in [0, 0.05) is 4.90 Å². The third-order valence-corrected chi connectivity index (χ3v) is 2.55. The molecule has 0 aliphatic carbocycles. The lowest BCUT2D eigenvalue weighted by atomic mass is 10.1. The van der Waals surface area contributed by atoms with Gasteiger partial charge < -0.3 is 10.8 Å². The van der Waals surface area contributed by atoms with E-state index >= 15 is 0 Å². The van der Waals surface area contributed by atoms with Gasteiger partial charge in [0.15, 0.2) is 0 Å². The Morgan fingerprint density at radius 2 is 2.17 bits per heavy atom. The molecule has 0 saturated carbocycles. The third kappa shape index (κ3) is 2.00. The number of nitrogens with two attached hydrogens (primary N) is 1. The maximum absolute atomic E-state index is 8.87. The number of hydrogen-bond donors (Lipinski definition) is 2. The predicted molar refractivity (Wildman–Crippen MR) is 52.2 cm³/mol. The highest BCUT2D eigenvalue weighted by atomic mass is 32.2. The second-order valence-electron chi connectivity index (χ2n) is 2.53. The lowest BCUT2D eigenvalue weighted by Crippen LogP contribution is -2.15. The van der Waals surface area contributed by atoms with E-state index in [1.165, 1.54) is 0 Å². The highest BCUT2D eigenvalue weighted by molar-refractivity contribution is 7.98. The van der Waals surface area contributed by atoms with Crippen molar-refractivity contribution in [1.29, 1.82) is 0 Å². The first-order chi connectivity index (χ1) is 5.79. The van der Waals surface area contributed by atoms with Gasteiger partial charge in [0.2, 0.25) is 0 Å². The summed E-state index contributed by atoms with van der Waals surface area (Å²) in [6.45, 7) is -0.00241. The van der Waals surface area contributed by atoms with Crippen LogP contribution in [0.15, 0.2) is 29.2 Å². The molecule has 0 unspecified atom stereocenters. The minimum absolute atomic E-state index is 0.00241. The van der Waals surface area contributed by atoms with Crippen molar-refractivity contribution in [2.75, 3.05) is 12.9 Å². The van der Waals surface area contributed by atoms with Crippen molar-refractivity contribution in [3.05, 3.63) is 29.8 Å². The average Bonchev–Trinajstić information content (AvgIpc) is 2.16. The van der Waals surface area contributed by atoms with Crippen molar-refractivity contribution in [3.63, 3.8) is 0 Å². The van der Waals surface area contributed by atoms with Crippen molar-refractivity contribution < 1.29 is 5.11 Å². The van der Waals surface area contributed by atoms with Crippen LogP contribution < -0.4 is 5.73 Å². The monoisotopic (exact) mass is 183 g/mol. The highest BCUT2D eigenvalue weighted by Gasteiger charge is 2.07. The van der Waals surface area contributed by atoms with Gasteiger partial charge in [-0.2, -0.15) is 0 Å². The standard InChI is InChI=1S/C9H13NOS/c1-12-9-5-3-2-4-7(9)8(10)6-11/h2-5,8,11H,6,10H2,1H3/t8-/m1/s1. The van der Waals surface area contributed by atoms with E-state index in [-0.39, 0.29) is 12.6 Å². The number of benzene rings is 1. The fourth-order valence-electron chi connectivity index (χ4n) is 1.07. The molecule has 1 rings (SSSR count). The summed E-state index contributed by atoms with van der Waals surface area (Å²) in [5.74, 6) is 0. The molecule has 0 aliphatic rings. The molecule has 0 aliphatic heterocycles. The van der Waals surface area contributed by atoms with E-state index in [0.29, 0.717) is 0 Å². The Morgan fingerprint density at radius 1 is 1.50 bits per heavy atom. The maximum atomic E-state index is 8.87. The van der Waals surface area contributed by atoms with Crippen molar-refractivity contribution in [3.8, 4) is 0 Å². The molecular formula is C9H13NOS. The lowest BCUT2D eigenvalue weighted by molar-refractivity contribution is 0.267. The second kappa shape index (κ2) is 4.50. The minimum Gasteiger partial charge on any atom is -0.394 e. The molecule has 0 spiro atoms. The molecule has 0 aromatic heterocycles. The van der Waals surface area contributed by atoms with E-state index in [4.69, 9.17) is 10.8 Å². The summed E-state index contributed by atoms with van der Waals surface area (Å²) >= 11 is 1.65. The molecule has 0 heterocycles. The summed E-state index contributed by atoms with van der Waals surface area (Å²) in [5, 5.41) is 8.87. The SMILES string of the molecule is CSc1ccccc1[C@H](N)CO. The van der Waals surface area contributed by atoms with Crippen LogP contribution in [0.5, 0.6) is 0 Å². The highest BCUT2D eigenvalue weighted by Crippen LogP contribution is 2.23. The zero-order valence-electron chi connectivity index (χ0n) is 7.03. The average molecular weight is 183 g/mol. The lowest BCUT2D eigenvalue weighted by Gasteiger charge is -2.11. The Morgan fingerprint density at radius 3 is 2.75 bits per heavy atom. The Labute approximate surface area is 76.8 Å². The van der Waals surface area contributed by atoms with Crippen molar-refractivity contribution in [2.24, 2.45) is 5.73 Å². The number of thioether (sulfide) groups is 1. The van der Waals surface area contributed by atoms with Gasteiger partial charge in [-0.05, 0) is 17.9 Å². The van der Waals surface area contributed by atoms with E-state index in [2.05, 4.69) is 0 Å². The van der Waals surface area contributed by atoms with Crippen LogP contribution in [-0.4, -0.2) is 18.0 Å². The molecule has 12 heavy (non-hydrogen) atoms. The topological polar surface area (TPSA) is 46.2 Å². The van der Waals surface area contributed by atoms with Gasteiger partial charge in [0.1, 0.15) is 0 Å². The van der Waals surface area contributed by atoms with E-state index in [0.717, 1.165) is 10.5 Å². The molecule has 0 bridgehead atoms. The van der Waals surface area contributed by atoms with Gasteiger partial charge in [0.05, 0.1) is 12.6 Å². The number of aliphatic hydroxyl groups is 1. The normalized spacial score (nSPS) is 12.9. The molecule has 1 aromatic carbocycles. The van der Waals surface area contributed by atoms with Crippen LogP contribution in [0.25, 0.3) is 0 Å². The molecule has 0 amide bonds. The minimum atomic E-state index is -0.256. The van der Waals surface area contributed by atoms with Crippen molar-refractivity contribution in [1.82, 2.24) is 0 Å². The molecule has 0 saturated heterocycles. The zero-order valence-corrected chi connectivity index (χ0v) is 7.84. The fourth-order valence-corrected chi connectivity index (χ4v) is 1.74. The van der Waals surface area contributed by atoms with Gasteiger partial charge in [0.25, 0.3) is 0 Å². The molecule has 1 atom stereocenters. The smallest absolute Gasteiger partial charge is 0.0624 e. The van der Waals surface area contributed by atoms with E-state index in [1.54, 1.807) is 11.8 Å². The summed E-state index contributed by atoms with van der Waals surface area (Å²) < 4.78 is 0. The van der Waals surface area contributed by atoms with Gasteiger partial charge in [-0.1, -0.05) is 18.2 Å². The summed E-state index contributed by atoms with van der Waals surface area (Å²) in [6.07, 6.45) is 2.00. The number of rotatable bonds is 3. The van der Waals surface area contributed by atoms with Crippen LogP contribution in [0.4, 0.5) is 0 Å². The van der Waals surface area contributed by atoms with Crippen LogP contribution >= 0.6 is 11.8 Å². The van der Waals surface area contributed by atoms with Gasteiger partial charge in [-0.15, -0.1) is 11.8 Å². The first-order valence-corrected chi connectivity index (χ1v) is 5.01. The van der Waals surface area contributed by atoms with Gasteiger partial charge in [-0.25, -0.2) is 0 Å². The first kappa shape index (κ1) is 9.58. The Balaban J connectivity index is 2.96. The summed E-state index contributed by atoms with van der Waals surface area (Å²) in [6, 6.07) is 7.61. The molecule has 3 N–H and O–H groups in total. The molecule has 1 aromatic rings. The van der Waals surface area contributed by atoms with Crippen LogP contribution in [0.1, 0.15) is 11.6 Å². The Kier molecular flexibility index (Phi) is 3.59. The summed E-state index contributed by atoms with van der Waals surface area (Å²) in [7, 11) is 0. The number of aliphatic hydroxyl groups excluding tert-OH is 1. The van der Waals surface area contributed by atoms with Crippen molar-refractivity contribution in [2.45, 2.75) is 10.9 Å². The van der Waals surface area contributed by atoms with Crippen LogP contribution in [0.2, 0.25) is 0 Å². The van der Waals surface area contributed by atoms with Crippen molar-refractivity contribution >= 4 is 11.8 Å². The largest absolute Gasteiger partial charge is 0.394 e. The van der Waals surface area contributed by atoms with E-state index in [1.807, 2.05) is 30.5 Å². The summed E-state index contributed by atoms with van der Waals surface area (Å²) in [4.78, 5) is 1.14. The molecule has 66 valence electrons. The van der Waals surface area contributed by atoms with Crippen LogP contribution in [-0.2, 0) is 0 Å². The Bertz CT molecular complexity index is 252. The molecule has 3 heteroatoms. The zero-order chi connectivity index (χ0) is 8.97. The maximum Gasteiger partial charge on any atom is 0.0624 e. The number of hydrogen-bond acceptors (Lipinski definition) is 3. The molecule has 2 nitrogen and oxygen atoms in total. The van der Waals surface area contributed by atoms with E-state index < -0.39 is 0 Å². The predicted octanol–water partition coefficient (Wildman–Crippen LogP) is 1.40. The summed E-state index contributed by atoms with van der Waals surface area (Å²) in [5.41, 5.74) is 6.73. The second-order valence-corrected chi connectivity index (χ2v) is 3.38. The fraction of sp³-hybridized carbons (Fsp3) is 0.333. The first-order valence-electron chi connectivity index (χ1n) is 3.79. The molecule has 0 radical (unpaired) electrons.